The Labute approximate surface area is 167 Å². The van der Waals surface area contributed by atoms with Crippen molar-refractivity contribution in [2.45, 2.75) is 32.2 Å². The number of likely N-dealkylation sites (tertiary alicyclic amines) is 1. The van der Waals surface area contributed by atoms with Crippen LogP contribution >= 0.6 is 0 Å². The summed E-state index contributed by atoms with van der Waals surface area (Å²) in [5, 5.41) is 0. The van der Waals surface area contributed by atoms with Gasteiger partial charge < -0.3 is 9.64 Å². The van der Waals surface area contributed by atoms with Gasteiger partial charge >= 0.3 is 0 Å². The van der Waals surface area contributed by atoms with Crippen LogP contribution in [0.4, 0.5) is 4.39 Å². The van der Waals surface area contributed by atoms with Gasteiger partial charge in [-0.15, -0.1) is 0 Å². The molecule has 2 aromatic heterocycles. The largest absolute Gasteiger partial charge is 0.436 e. The molecule has 8 heteroatoms. The van der Waals surface area contributed by atoms with Crippen molar-refractivity contribution in [2.24, 2.45) is 0 Å². The molecule has 0 aliphatic carbocycles. The van der Waals surface area contributed by atoms with E-state index in [2.05, 4.69) is 19.9 Å². The Kier molecular flexibility index (Phi) is 5.41. The van der Waals surface area contributed by atoms with E-state index in [0.717, 1.165) is 19.3 Å². The molecule has 29 heavy (non-hydrogen) atoms. The Morgan fingerprint density at radius 2 is 2.07 bits per heavy atom. The molecular formula is C21H20FN5O2. The molecule has 4 rings (SSSR count). The monoisotopic (exact) mass is 393 g/mol. The molecule has 1 saturated heterocycles. The van der Waals surface area contributed by atoms with Crippen molar-refractivity contribution in [1.29, 1.82) is 0 Å². The van der Waals surface area contributed by atoms with Gasteiger partial charge in [-0.1, -0.05) is 12.1 Å². The minimum atomic E-state index is -0.470. The molecule has 1 aliphatic rings. The first-order valence-electron chi connectivity index (χ1n) is 9.47. The smallest absolute Gasteiger partial charge is 0.274 e. The highest BCUT2D eigenvalue weighted by Gasteiger charge is 2.32. The van der Waals surface area contributed by atoms with Gasteiger partial charge in [-0.2, -0.15) is 4.98 Å². The zero-order valence-corrected chi connectivity index (χ0v) is 16.0. The number of halogens is 1. The van der Waals surface area contributed by atoms with E-state index >= 15 is 0 Å². The van der Waals surface area contributed by atoms with Crippen molar-refractivity contribution >= 4 is 5.91 Å². The van der Waals surface area contributed by atoms with Crippen LogP contribution in [0, 0.1) is 12.7 Å². The molecule has 3 heterocycles. The Morgan fingerprint density at radius 1 is 1.21 bits per heavy atom. The van der Waals surface area contributed by atoms with Crippen LogP contribution < -0.4 is 4.74 Å². The number of benzene rings is 1. The topological polar surface area (TPSA) is 81.1 Å². The van der Waals surface area contributed by atoms with E-state index in [1.54, 1.807) is 23.1 Å². The average molecular weight is 393 g/mol. The fourth-order valence-electron chi connectivity index (χ4n) is 3.40. The molecule has 148 valence electrons. The maximum Gasteiger partial charge on any atom is 0.274 e. The maximum absolute atomic E-state index is 14.0. The summed E-state index contributed by atoms with van der Waals surface area (Å²) in [5.74, 6) is 0.142. The second kappa shape index (κ2) is 8.30. The van der Waals surface area contributed by atoms with E-state index in [9.17, 15) is 9.18 Å². The van der Waals surface area contributed by atoms with E-state index in [1.807, 2.05) is 6.92 Å². The average Bonchev–Trinajstić information content (AvgIpc) is 2.75. The fourth-order valence-corrected chi connectivity index (χ4v) is 3.40. The van der Waals surface area contributed by atoms with Crippen LogP contribution in [0.3, 0.4) is 0 Å². The van der Waals surface area contributed by atoms with Crippen LogP contribution in [-0.4, -0.2) is 37.3 Å². The van der Waals surface area contributed by atoms with Crippen molar-refractivity contribution in [3.05, 3.63) is 72.0 Å². The van der Waals surface area contributed by atoms with Crippen LogP contribution in [0.5, 0.6) is 11.6 Å². The van der Waals surface area contributed by atoms with Crippen molar-refractivity contribution < 1.29 is 13.9 Å². The number of hydrogen-bond acceptors (Lipinski definition) is 6. The minimum absolute atomic E-state index is 0.0905. The van der Waals surface area contributed by atoms with Gasteiger partial charge in [-0.05, 0) is 38.3 Å². The number of nitrogens with zero attached hydrogens (tertiary/aromatic N) is 5. The third kappa shape index (κ3) is 4.21. The lowest BCUT2D eigenvalue weighted by atomic mass is 10.0. The number of rotatable bonds is 4. The first kappa shape index (κ1) is 18.9. The van der Waals surface area contributed by atoms with Gasteiger partial charge in [0.05, 0.1) is 12.2 Å². The summed E-state index contributed by atoms with van der Waals surface area (Å²) in [6, 6.07) is 7.49. The summed E-state index contributed by atoms with van der Waals surface area (Å²) in [6.07, 6.45) is 7.06. The molecule has 1 aromatic carbocycles. The summed E-state index contributed by atoms with van der Waals surface area (Å²) >= 11 is 0. The fraction of sp³-hybridized carbons (Fsp3) is 0.286. The second-order valence-electron chi connectivity index (χ2n) is 6.84. The van der Waals surface area contributed by atoms with E-state index in [4.69, 9.17) is 4.74 Å². The summed E-state index contributed by atoms with van der Waals surface area (Å²) in [5.41, 5.74) is 0.966. The molecule has 0 unspecified atom stereocenters. The summed E-state index contributed by atoms with van der Waals surface area (Å²) in [4.78, 5) is 31.8. The number of aromatic nitrogens is 4. The van der Waals surface area contributed by atoms with Gasteiger partial charge in [0, 0.05) is 30.7 Å². The lowest BCUT2D eigenvalue weighted by molar-refractivity contribution is 0.0592. The number of ether oxygens (including phenoxy) is 1. The number of aryl methyl sites for hydroxylation is 1. The molecule has 0 bridgehead atoms. The number of para-hydroxylation sites is 1. The first-order chi connectivity index (χ1) is 14.1. The zero-order valence-electron chi connectivity index (χ0n) is 16.0. The Balaban J connectivity index is 1.64. The Hall–Kier alpha value is -3.42. The first-order valence-corrected chi connectivity index (χ1v) is 9.47. The van der Waals surface area contributed by atoms with E-state index in [1.165, 1.54) is 30.7 Å². The number of piperidine rings is 1. The van der Waals surface area contributed by atoms with Crippen LogP contribution in [0.25, 0.3) is 0 Å². The van der Waals surface area contributed by atoms with Crippen molar-refractivity contribution in [1.82, 2.24) is 24.8 Å². The number of hydrogen-bond donors (Lipinski definition) is 0. The van der Waals surface area contributed by atoms with Crippen LogP contribution in [-0.2, 0) is 0 Å². The van der Waals surface area contributed by atoms with Crippen molar-refractivity contribution in [3.63, 3.8) is 0 Å². The standard InChI is InChI=1S/C21H20FN5O2/c1-14-12-19(29-18-8-3-2-6-15(18)22)26-20(25-14)17-7-4-5-11-27(17)21(28)16-13-23-9-10-24-16/h2-3,6,8-10,12-13,17H,4-5,7,11H2,1H3/t17-/m0/s1. The Bertz CT molecular complexity index is 1010. The normalized spacial score (nSPS) is 16.5. The molecule has 0 radical (unpaired) electrons. The predicted octanol–water partition coefficient (Wildman–Crippen LogP) is 3.87. The molecule has 3 aromatic rings. The molecule has 0 N–H and O–H groups in total. The third-order valence-corrected chi connectivity index (χ3v) is 4.74. The van der Waals surface area contributed by atoms with Crippen molar-refractivity contribution in [2.75, 3.05) is 6.54 Å². The van der Waals surface area contributed by atoms with Gasteiger partial charge in [0.25, 0.3) is 5.91 Å². The van der Waals surface area contributed by atoms with Crippen molar-refractivity contribution in [3.8, 4) is 11.6 Å². The van der Waals surface area contributed by atoms with E-state index < -0.39 is 5.82 Å². The predicted molar refractivity (Wildman–Crippen MR) is 103 cm³/mol. The van der Waals surface area contributed by atoms with Crippen LogP contribution in [0.15, 0.2) is 48.9 Å². The highest BCUT2D eigenvalue weighted by Crippen LogP contribution is 2.32. The SMILES string of the molecule is Cc1cc(Oc2ccccc2F)nc([C@@H]2CCCCN2C(=O)c2cnccn2)n1. The van der Waals surface area contributed by atoms with Crippen LogP contribution in [0.1, 0.15) is 47.3 Å². The molecule has 1 aliphatic heterocycles. The zero-order chi connectivity index (χ0) is 20.2. The van der Waals surface area contributed by atoms with Gasteiger partial charge in [-0.25, -0.2) is 14.4 Å². The molecular weight excluding hydrogens is 373 g/mol. The number of carbonyl (C=O) groups excluding carboxylic acids is 1. The summed E-state index contributed by atoms with van der Waals surface area (Å²) in [7, 11) is 0. The third-order valence-electron chi connectivity index (χ3n) is 4.74. The second-order valence-corrected chi connectivity index (χ2v) is 6.84. The van der Waals surface area contributed by atoms with E-state index in [0.29, 0.717) is 18.1 Å². The lowest BCUT2D eigenvalue weighted by Crippen LogP contribution is -2.39. The molecule has 1 amide bonds. The number of carbonyl (C=O) groups is 1. The molecule has 1 fully saturated rings. The van der Waals surface area contributed by atoms with Crippen LogP contribution in [0.2, 0.25) is 0 Å². The van der Waals surface area contributed by atoms with Gasteiger partial charge in [0.2, 0.25) is 5.88 Å². The van der Waals surface area contributed by atoms with Gasteiger partial charge in [-0.3, -0.25) is 9.78 Å². The highest BCUT2D eigenvalue weighted by molar-refractivity contribution is 5.92. The van der Waals surface area contributed by atoms with Gasteiger partial charge in [0.15, 0.2) is 17.4 Å². The Morgan fingerprint density at radius 3 is 2.86 bits per heavy atom. The molecule has 7 nitrogen and oxygen atoms in total. The molecule has 1 atom stereocenters. The minimum Gasteiger partial charge on any atom is -0.436 e. The summed E-state index contributed by atoms with van der Waals surface area (Å²) < 4.78 is 19.6. The molecule has 0 saturated carbocycles. The quantitative estimate of drug-likeness (QED) is 0.669. The summed E-state index contributed by atoms with van der Waals surface area (Å²) in [6.45, 7) is 2.40. The van der Waals surface area contributed by atoms with E-state index in [-0.39, 0.29) is 29.3 Å². The maximum atomic E-state index is 14.0. The van der Waals surface area contributed by atoms with Gasteiger partial charge in [0.1, 0.15) is 5.69 Å². The lowest BCUT2D eigenvalue weighted by Gasteiger charge is -2.34. The molecule has 0 spiro atoms. The highest BCUT2D eigenvalue weighted by atomic mass is 19.1. The number of amides is 1.